The highest BCUT2D eigenvalue weighted by Gasteiger charge is 2.42. The van der Waals surface area contributed by atoms with Crippen molar-refractivity contribution in [2.75, 3.05) is 6.54 Å². The third kappa shape index (κ3) is 3.57. The number of likely N-dealkylation sites (tertiary alicyclic amines) is 1. The van der Waals surface area contributed by atoms with Crippen molar-refractivity contribution in [3.8, 4) is 0 Å². The van der Waals surface area contributed by atoms with E-state index in [0.29, 0.717) is 12.0 Å². The van der Waals surface area contributed by atoms with Crippen molar-refractivity contribution in [3.63, 3.8) is 0 Å². The highest BCUT2D eigenvalue weighted by atomic mass is 15.2. The van der Waals surface area contributed by atoms with Crippen molar-refractivity contribution in [3.05, 3.63) is 71.8 Å². The fraction of sp³-hybridized carbons (Fsp3) is 0.478. The van der Waals surface area contributed by atoms with Gasteiger partial charge in [0.15, 0.2) is 0 Å². The van der Waals surface area contributed by atoms with Gasteiger partial charge >= 0.3 is 0 Å². The van der Waals surface area contributed by atoms with Gasteiger partial charge in [-0.1, -0.05) is 87.9 Å². The van der Waals surface area contributed by atoms with E-state index in [-0.39, 0.29) is 5.41 Å². The molecule has 1 nitrogen and oxygen atoms in total. The van der Waals surface area contributed by atoms with Crippen molar-refractivity contribution in [1.29, 1.82) is 0 Å². The first-order valence-electron chi connectivity index (χ1n) is 9.47. The summed E-state index contributed by atoms with van der Waals surface area (Å²) in [6.45, 7) is 9.51. The van der Waals surface area contributed by atoms with Gasteiger partial charge in [0.25, 0.3) is 0 Å². The fourth-order valence-corrected chi connectivity index (χ4v) is 4.37. The van der Waals surface area contributed by atoms with Crippen molar-refractivity contribution >= 4 is 0 Å². The van der Waals surface area contributed by atoms with Gasteiger partial charge in [-0.3, -0.25) is 4.90 Å². The topological polar surface area (TPSA) is 3.24 Å². The molecule has 0 amide bonds. The lowest BCUT2D eigenvalue weighted by Gasteiger charge is -2.50. The molecule has 0 saturated carbocycles. The van der Waals surface area contributed by atoms with Gasteiger partial charge < -0.3 is 0 Å². The molecule has 2 aromatic rings. The summed E-state index contributed by atoms with van der Waals surface area (Å²) in [6, 6.07) is 22.8. The number of rotatable bonds is 5. The Kier molecular flexibility index (Phi) is 5.40. The van der Waals surface area contributed by atoms with Crippen LogP contribution in [0.5, 0.6) is 0 Å². The predicted octanol–water partition coefficient (Wildman–Crippen LogP) is 5.66. The number of hydrogen-bond acceptors (Lipinski definition) is 1. The van der Waals surface area contributed by atoms with Crippen LogP contribution in [-0.4, -0.2) is 17.5 Å². The van der Waals surface area contributed by atoms with Crippen LogP contribution in [-0.2, 0) is 12.0 Å². The molecule has 1 aliphatic rings. The van der Waals surface area contributed by atoms with Crippen LogP contribution in [0.1, 0.15) is 51.2 Å². The second-order valence-electron chi connectivity index (χ2n) is 7.75. The largest absolute Gasteiger partial charge is 0.296 e. The Morgan fingerprint density at radius 3 is 2.25 bits per heavy atom. The van der Waals surface area contributed by atoms with Crippen LogP contribution in [0.25, 0.3) is 0 Å². The smallest absolute Gasteiger partial charge is 0.0236 e. The Morgan fingerprint density at radius 1 is 1.00 bits per heavy atom. The van der Waals surface area contributed by atoms with Crippen molar-refractivity contribution < 1.29 is 0 Å². The number of benzene rings is 2. The summed E-state index contributed by atoms with van der Waals surface area (Å²) in [5.74, 6) is 0.664. The maximum Gasteiger partial charge on any atom is 0.0236 e. The highest BCUT2D eigenvalue weighted by molar-refractivity contribution is 5.27. The van der Waals surface area contributed by atoms with E-state index in [9.17, 15) is 0 Å². The molecule has 1 heteroatoms. The fourth-order valence-electron chi connectivity index (χ4n) is 4.37. The zero-order valence-corrected chi connectivity index (χ0v) is 15.4. The minimum atomic E-state index is 0.286. The third-order valence-electron chi connectivity index (χ3n) is 6.06. The third-order valence-corrected chi connectivity index (χ3v) is 6.06. The Hall–Kier alpha value is -1.60. The molecule has 0 bridgehead atoms. The van der Waals surface area contributed by atoms with Gasteiger partial charge in [0.1, 0.15) is 0 Å². The summed E-state index contributed by atoms with van der Waals surface area (Å²) < 4.78 is 0. The van der Waals surface area contributed by atoms with Crippen LogP contribution in [0.3, 0.4) is 0 Å². The Morgan fingerprint density at radius 2 is 1.62 bits per heavy atom. The second-order valence-corrected chi connectivity index (χ2v) is 7.75. The van der Waals surface area contributed by atoms with Crippen LogP contribution in [0, 0.1) is 5.92 Å². The van der Waals surface area contributed by atoms with Crippen molar-refractivity contribution in [2.45, 2.75) is 58.0 Å². The monoisotopic (exact) mass is 321 g/mol. The molecule has 1 saturated heterocycles. The van der Waals surface area contributed by atoms with Gasteiger partial charge in [-0.25, -0.2) is 0 Å². The van der Waals surface area contributed by atoms with E-state index >= 15 is 0 Å². The molecule has 0 aliphatic carbocycles. The Balaban J connectivity index is 1.82. The maximum atomic E-state index is 2.73. The summed E-state index contributed by atoms with van der Waals surface area (Å²) in [7, 11) is 0. The SMILES string of the molecule is CCCC1CC(C)(c2ccccc2)C(C)CN1Cc1ccccc1. The van der Waals surface area contributed by atoms with Crippen LogP contribution >= 0.6 is 0 Å². The normalized spacial score (nSPS) is 28.0. The van der Waals surface area contributed by atoms with Crippen LogP contribution in [0.15, 0.2) is 60.7 Å². The van der Waals surface area contributed by atoms with E-state index in [1.165, 1.54) is 36.9 Å². The first-order valence-corrected chi connectivity index (χ1v) is 9.47. The zero-order chi connectivity index (χ0) is 17.0. The second kappa shape index (κ2) is 7.53. The van der Waals surface area contributed by atoms with Gasteiger partial charge in [0.05, 0.1) is 0 Å². The van der Waals surface area contributed by atoms with E-state index in [1.807, 2.05) is 0 Å². The van der Waals surface area contributed by atoms with Gasteiger partial charge in [-0.05, 0) is 35.3 Å². The average Bonchev–Trinajstić information content (AvgIpc) is 2.61. The van der Waals surface area contributed by atoms with E-state index < -0.39 is 0 Å². The van der Waals surface area contributed by atoms with Crippen molar-refractivity contribution in [1.82, 2.24) is 4.90 Å². The molecular weight excluding hydrogens is 290 g/mol. The molecule has 0 spiro atoms. The molecular formula is C23H31N. The highest BCUT2D eigenvalue weighted by Crippen LogP contribution is 2.43. The minimum absolute atomic E-state index is 0.286. The molecule has 2 aromatic carbocycles. The average molecular weight is 322 g/mol. The lowest BCUT2D eigenvalue weighted by atomic mass is 9.65. The summed E-state index contributed by atoms with van der Waals surface area (Å²) >= 11 is 0. The standard InChI is InChI=1S/C23H31N/c1-4-11-22-16-23(3,21-14-9-6-10-15-21)19(2)17-24(22)18-20-12-7-5-8-13-20/h5-10,12-15,19,22H,4,11,16-18H2,1-3H3. The van der Waals surface area contributed by atoms with Crippen LogP contribution < -0.4 is 0 Å². The first kappa shape index (κ1) is 17.2. The number of nitrogens with zero attached hydrogens (tertiary/aromatic N) is 1. The molecule has 3 rings (SSSR count). The Labute approximate surface area is 147 Å². The minimum Gasteiger partial charge on any atom is -0.296 e. The van der Waals surface area contributed by atoms with Crippen LogP contribution in [0.4, 0.5) is 0 Å². The molecule has 0 aromatic heterocycles. The quantitative estimate of drug-likeness (QED) is 0.687. The molecule has 3 unspecified atom stereocenters. The summed E-state index contributed by atoms with van der Waals surface area (Å²) in [6.07, 6.45) is 3.82. The number of piperidine rings is 1. The van der Waals surface area contributed by atoms with Crippen molar-refractivity contribution in [2.24, 2.45) is 5.92 Å². The molecule has 3 atom stereocenters. The zero-order valence-electron chi connectivity index (χ0n) is 15.4. The molecule has 24 heavy (non-hydrogen) atoms. The van der Waals surface area contributed by atoms with Gasteiger partial charge in [0, 0.05) is 19.1 Å². The Bertz CT molecular complexity index is 621. The van der Waals surface area contributed by atoms with E-state index in [4.69, 9.17) is 0 Å². The molecule has 0 radical (unpaired) electrons. The van der Waals surface area contributed by atoms with Gasteiger partial charge in [0.2, 0.25) is 0 Å². The van der Waals surface area contributed by atoms with E-state index in [1.54, 1.807) is 0 Å². The van der Waals surface area contributed by atoms with E-state index in [2.05, 4.69) is 86.3 Å². The maximum absolute atomic E-state index is 2.73. The van der Waals surface area contributed by atoms with Crippen LogP contribution in [0.2, 0.25) is 0 Å². The first-order chi connectivity index (χ1) is 11.6. The molecule has 1 heterocycles. The predicted molar refractivity (Wildman–Crippen MR) is 103 cm³/mol. The number of hydrogen-bond donors (Lipinski definition) is 0. The summed E-state index contributed by atoms with van der Waals surface area (Å²) in [5.41, 5.74) is 3.24. The molecule has 1 fully saturated rings. The molecule has 0 N–H and O–H groups in total. The molecule has 1 aliphatic heterocycles. The van der Waals surface area contributed by atoms with Gasteiger partial charge in [-0.2, -0.15) is 0 Å². The lowest BCUT2D eigenvalue weighted by molar-refractivity contribution is 0.0437. The summed E-state index contributed by atoms with van der Waals surface area (Å²) in [4.78, 5) is 2.73. The lowest BCUT2D eigenvalue weighted by Crippen LogP contribution is -2.52. The van der Waals surface area contributed by atoms with Gasteiger partial charge in [-0.15, -0.1) is 0 Å². The summed E-state index contributed by atoms with van der Waals surface area (Å²) in [5, 5.41) is 0. The molecule has 128 valence electrons. The van der Waals surface area contributed by atoms with E-state index in [0.717, 1.165) is 6.54 Å².